The highest BCUT2D eigenvalue weighted by atomic mass is 19.4. The number of piperazine rings is 1. The number of nitrogens with zero attached hydrogens (tertiary/aromatic N) is 4. The van der Waals surface area contributed by atoms with Crippen molar-refractivity contribution in [3.8, 4) is 11.6 Å². The summed E-state index contributed by atoms with van der Waals surface area (Å²) in [6, 6.07) is 6.08. The zero-order chi connectivity index (χ0) is 25.2. The quantitative estimate of drug-likeness (QED) is 0.704. The molecule has 2 aromatic rings. The Hall–Kier alpha value is -3.57. The Bertz CT molecular complexity index is 1150. The maximum atomic E-state index is 13.8. The summed E-state index contributed by atoms with van der Waals surface area (Å²) in [6.45, 7) is 3.77. The first kappa shape index (κ1) is 24.6. The van der Waals surface area contributed by atoms with Crippen LogP contribution in [0.1, 0.15) is 42.1 Å². The molecule has 3 heterocycles. The summed E-state index contributed by atoms with van der Waals surface area (Å²) in [5.74, 6) is -0.591. The Morgan fingerprint density at radius 2 is 1.66 bits per heavy atom. The molecule has 0 spiro atoms. The maximum Gasteiger partial charge on any atom is 0.423 e. The minimum atomic E-state index is -4.90. The van der Waals surface area contributed by atoms with Crippen molar-refractivity contribution in [2.75, 3.05) is 44.2 Å². The first-order chi connectivity index (χ1) is 16.6. The average Bonchev–Trinajstić information content (AvgIpc) is 2.84. The van der Waals surface area contributed by atoms with Crippen LogP contribution in [0.5, 0.6) is 11.6 Å². The van der Waals surface area contributed by atoms with Crippen molar-refractivity contribution in [2.24, 2.45) is 0 Å². The maximum absolute atomic E-state index is 13.8. The monoisotopic (exact) mass is 493 g/mol. The van der Waals surface area contributed by atoms with Crippen molar-refractivity contribution in [1.82, 2.24) is 20.0 Å². The minimum Gasteiger partial charge on any atom is -0.436 e. The van der Waals surface area contributed by atoms with E-state index in [1.54, 1.807) is 21.9 Å². The summed E-state index contributed by atoms with van der Waals surface area (Å²) in [4.78, 5) is 41.4. The van der Waals surface area contributed by atoms with Gasteiger partial charge in [0.25, 0.3) is 17.3 Å². The second kappa shape index (κ2) is 9.96. The zero-order valence-corrected chi connectivity index (χ0v) is 19.2. The van der Waals surface area contributed by atoms with Gasteiger partial charge in [-0.25, -0.2) is 5.10 Å². The van der Waals surface area contributed by atoms with Crippen LogP contribution in [-0.2, 0) is 11.0 Å². The molecule has 1 aromatic heterocycles. The number of aromatic amines is 1. The Balaban J connectivity index is 1.61. The van der Waals surface area contributed by atoms with Crippen molar-refractivity contribution >= 4 is 17.5 Å². The highest BCUT2D eigenvalue weighted by molar-refractivity contribution is 5.94. The van der Waals surface area contributed by atoms with Crippen LogP contribution in [0.15, 0.2) is 29.1 Å². The second-order valence-electron chi connectivity index (χ2n) is 8.56. The number of H-pyrrole nitrogens is 1. The Morgan fingerprint density at radius 3 is 2.29 bits per heavy atom. The topological polar surface area (TPSA) is 98.8 Å². The standard InChI is InChI=1S/C23H26F3N5O4/c1-15(32)29-10-12-31(13-11-29)22(34)16-6-5-7-17(14-16)35-21-19(30-8-3-2-4-9-30)18(23(24,25)26)20(33)27-28-21/h5-7,14H,2-4,8-13H2,1H3,(H,27,33). The number of aromatic nitrogens is 2. The van der Waals surface area contributed by atoms with Crippen LogP contribution in [-0.4, -0.2) is 71.1 Å². The van der Waals surface area contributed by atoms with Crippen LogP contribution in [0.3, 0.4) is 0 Å². The van der Waals surface area contributed by atoms with Crippen molar-refractivity contribution < 1.29 is 27.5 Å². The van der Waals surface area contributed by atoms with Gasteiger partial charge in [0, 0.05) is 51.8 Å². The van der Waals surface area contributed by atoms with Crippen LogP contribution in [0.4, 0.5) is 18.9 Å². The number of carbonyl (C=O) groups excluding carboxylic acids is 2. The molecule has 12 heteroatoms. The Kier molecular flexibility index (Phi) is 6.99. The minimum absolute atomic E-state index is 0.0522. The molecule has 9 nitrogen and oxygen atoms in total. The van der Waals surface area contributed by atoms with E-state index in [0.717, 1.165) is 6.42 Å². The predicted octanol–water partition coefficient (Wildman–Crippen LogP) is 2.88. The number of amides is 2. The van der Waals surface area contributed by atoms with E-state index >= 15 is 0 Å². The van der Waals surface area contributed by atoms with Crippen molar-refractivity contribution in [1.29, 1.82) is 0 Å². The fourth-order valence-electron chi connectivity index (χ4n) is 4.38. The van der Waals surface area contributed by atoms with Gasteiger partial charge in [-0.3, -0.25) is 14.4 Å². The number of piperidine rings is 1. The lowest BCUT2D eigenvalue weighted by Crippen LogP contribution is -2.50. The van der Waals surface area contributed by atoms with Crippen molar-refractivity contribution in [2.45, 2.75) is 32.4 Å². The molecule has 2 aliphatic heterocycles. The Morgan fingerprint density at radius 1 is 1.00 bits per heavy atom. The van der Waals surface area contributed by atoms with Crippen LogP contribution in [0.25, 0.3) is 0 Å². The van der Waals surface area contributed by atoms with E-state index in [9.17, 15) is 27.6 Å². The highest BCUT2D eigenvalue weighted by Gasteiger charge is 2.41. The molecular formula is C23H26F3N5O4. The molecule has 0 unspecified atom stereocenters. The van der Waals surface area contributed by atoms with Gasteiger partial charge in [-0.1, -0.05) is 6.07 Å². The van der Waals surface area contributed by atoms with Crippen molar-refractivity contribution in [3.05, 3.63) is 45.7 Å². The smallest absolute Gasteiger partial charge is 0.423 e. The molecule has 2 fully saturated rings. The van der Waals surface area contributed by atoms with Crippen LogP contribution >= 0.6 is 0 Å². The fourth-order valence-corrected chi connectivity index (χ4v) is 4.38. The first-order valence-electron chi connectivity index (χ1n) is 11.4. The molecule has 1 aromatic carbocycles. The summed E-state index contributed by atoms with van der Waals surface area (Å²) in [6.07, 6.45) is -2.65. The number of alkyl halides is 3. The molecule has 35 heavy (non-hydrogen) atoms. The molecule has 2 aliphatic rings. The van der Waals surface area contributed by atoms with Crippen molar-refractivity contribution in [3.63, 3.8) is 0 Å². The van der Waals surface area contributed by atoms with E-state index in [4.69, 9.17) is 4.74 Å². The molecule has 2 saturated heterocycles. The number of anilines is 1. The molecular weight excluding hydrogens is 467 g/mol. The zero-order valence-electron chi connectivity index (χ0n) is 19.2. The third-order valence-corrected chi connectivity index (χ3v) is 6.19. The van der Waals surface area contributed by atoms with Gasteiger partial charge in [-0.05, 0) is 37.5 Å². The van der Waals surface area contributed by atoms with Gasteiger partial charge in [0.15, 0.2) is 5.56 Å². The van der Waals surface area contributed by atoms with Gasteiger partial charge in [-0.2, -0.15) is 13.2 Å². The summed E-state index contributed by atoms with van der Waals surface area (Å²) in [5, 5.41) is 5.67. The third kappa shape index (κ3) is 5.41. The third-order valence-electron chi connectivity index (χ3n) is 6.19. The molecule has 0 bridgehead atoms. The number of hydrogen-bond acceptors (Lipinski definition) is 6. The van der Waals surface area contributed by atoms with E-state index in [2.05, 4.69) is 5.10 Å². The number of nitrogens with one attached hydrogen (secondary N) is 1. The summed E-state index contributed by atoms with van der Waals surface area (Å²) in [7, 11) is 0. The second-order valence-corrected chi connectivity index (χ2v) is 8.56. The largest absolute Gasteiger partial charge is 0.436 e. The lowest BCUT2D eigenvalue weighted by atomic mass is 10.1. The molecule has 0 aliphatic carbocycles. The number of carbonyl (C=O) groups is 2. The predicted molar refractivity (Wildman–Crippen MR) is 121 cm³/mol. The molecule has 0 saturated carbocycles. The van der Waals surface area contributed by atoms with Gasteiger partial charge in [-0.15, -0.1) is 5.10 Å². The summed E-state index contributed by atoms with van der Waals surface area (Å²) >= 11 is 0. The SMILES string of the molecule is CC(=O)N1CCN(C(=O)c2cccc(Oc3n[nH]c(=O)c(C(F)(F)F)c3N3CCCCC3)c2)CC1. The van der Waals surface area contributed by atoms with Gasteiger partial charge < -0.3 is 19.4 Å². The lowest BCUT2D eigenvalue weighted by Gasteiger charge is -2.34. The first-order valence-corrected chi connectivity index (χ1v) is 11.4. The van der Waals surface area contributed by atoms with E-state index in [-0.39, 0.29) is 23.4 Å². The summed E-state index contributed by atoms with van der Waals surface area (Å²) < 4.78 is 47.2. The van der Waals surface area contributed by atoms with E-state index in [0.29, 0.717) is 57.7 Å². The number of rotatable bonds is 4. The van der Waals surface area contributed by atoms with Crippen LogP contribution < -0.4 is 15.2 Å². The van der Waals surface area contributed by atoms with E-state index < -0.39 is 23.0 Å². The number of ether oxygens (including phenoxy) is 1. The number of benzene rings is 1. The molecule has 188 valence electrons. The van der Waals surface area contributed by atoms with Crippen LogP contribution in [0, 0.1) is 0 Å². The number of hydrogen-bond donors (Lipinski definition) is 1. The van der Waals surface area contributed by atoms with Gasteiger partial charge in [0.1, 0.15) is 11.4 Å². The molecule has 0 atom stereocenters. The lowest BCUT2D eigenvalue weighted by molar-refractivity contribution is -0.138. The molecule has 2 amide bonds. The highest BCUT2D eigenvalue weighted by Crippen LogP contribution is 2.40. The van der Waals surface area contributed by atoms with Gasteiger partial charge >= 0.3 is 6.18 Å². The normalized spacial score (nSPS) is 16.9. The van der Waals surface area contributed by atoms with Gasteiger partial charge in [0.05, 0.1) is 0 Å². The van der Waals surface area contributed by atoms with E-state index in [1.807, 2.05) is 5.10 Å². The average molecular weight is 493 g/mol. The number of halogens is 3. The fraction of sp³-hybridized carbons (Fsp3) is 0.478. The van der Waals surface area contributed by atoms with E-state index in [1.165, 1.54) is 24.0 Å². The molecule has 4 rings (SSSR count). The van der Waals surface area contributed by atoms with Crippen LogP contribution in [0.2, 0.25) is 0 Å². The summed E-state index contributed by atoms with van der Waals surface area (Å²) in [5.41, 5.74) is -2.78. The Labute approximate surface area is 199 Å². The molecule has 0 radical (unpaired) electrons. The van der Waals surface area contributed by atoms with Gasteiger partial charge in [0.2, 0.25) is 5.91 Å². The molecule has 1 N–H and O–H groups in total.